The summed E-state index contributed by atoms with van der Waals surface area (Å²) in [6.07, 6.45) is 0.706. The third kappa shape index (κ3) is 5.91. The number of alkyl halides is 1. The maximum absolute atomic E-state index is 15.7. The van der Waals surface area contributed by atoms with Crippen LogP contribution in [0.25, 0.3) is 0 Å². The summed E-state index contributed by atoms with van der Waals surface area (Å²) in [5, 5.41) is 20.9. The van der Waals surface area contributed by atoms with Gasteiger partial charge in [0, 0.05) is 11.8 Å². The van der Waals surface area contributed by atoms with Crippen LogP contribution in [0, 0.1) is 18.2 Å². The lowest BCUT2D eigenvalue weighted by atomic mass is 9.78. The van der Waals surface area contributed by atoms with E-state index >= 15 is 8.78 Å². The van der Waals surface area contributed by atoms with E-state index < -0.39 is 79.6 Å². The molecule has 41 heavy (non-hydrogen) atoms. The van der Waals surface area contributed by atoms with E-state index in [4.69, 9.17) is 24.7 Å². The predicted molar refractivity (Wildman–Crippen MR) is 143 cm³/mol. The Morgan fingerprint density at radius 3 is 2.44 bits per heavy atom. The summed E-state index contributed by atoms with van der Waals surface area (Å²) in [7, 11) is -4.57. The highest BCUT2D eigenvalue weighted by atomic mass is 31.2. The van der Waals surface area contributed by atoms with Gasteiger partial charge < -0.3 is 19.5 Å². The van der Waals surface area contributed by atoms with Gasteiger partial charge in [0.1, 0.15) is 42.0 Å². The second kappa shape index (κ2) is 10.5. The zero-order chi connectivity index (χ0) is 30.7. The highest BCUT2D eigenvalue weighted by Crippen LogP contribution is 2.58. The Labute approximate surface area is 235 Å². The molecule has 0 radical (unpaired) electrons. The molecule has 1 fully saturated rings. The lowest BCUT2D eigenvalue weighted by Crippen LogP contribution is -2.43. The fourth-order valence-corrected chi connectivity index (χ4v) is 5.84. The zero-order valence-electron chi connectivity index (χ0n) is 23.5. The van der Waals surface area contributed by atoms with Gasteiger partial charge in [0.15, 0.2) is 0 Å². The smallest absolute Gasteiger partial charge is 0.403 e. The molecule has 0 amide bonds. The average molecular weight is 599 g/mol. The Kier molecular flexibility index (Phi) is 7.93. The summed E-state index contributed by atoms with van der Waals surface area (Å²) in [4.78, 5) is 25.8. The Morgan fingerprint density at radius 1 is 1.22 bits per heavy atom. The van der Waals surface area contributed by atoms with Crippen LogP contribution in [0.4, 0.5) is 8.78 Å². The van der Waals surface area contributed by atoms with Crippen LogP contribution in [-0.4, -0.2) is 50.5 Å². The van der Waals surface area contributed by atoms with Crippen LogP contribution in [0.1, 0.15) is 63.8 Å². The Bertz CT molecular complexity index is 1570. The van der Waals surface area contributed by atoms with Crippen molar-refractivity contribution < 1.29 is 41.9 Å². The topological polar surface area (TPSA) is 149 Å². The second-order valence-corrected chi connectivity index (χ2v) is 13.7. The van der Waals surface area contributed by atoms with Crippen molar-refractivity contribution in [3.8, 4) is 18.1 Å². The summed E-state index contributed by atoms with van der Waals surface area (Å²) < 4.78 is 66.7. The van der Waals surface area contributed by atoms with E-state index in [1.54, 1.807) is 6.07 Å². The minimum Gasteiger partial charge on any atom is -0.403 e. The summed E-state index contributed by atoms with van der Waals surface area (Å²) in [6.45, 7) is 8.91. The lowest BCUT2D eigenvalue weighted by Gasteiger charge is -2.34. The predicted octanol–water partition coefficient (Wildman–Crippen LogP) is 2.77. The van der Waals surface area contributed by atoms with Gasteiger partial charge >= 0.3 is 13.5 Å². The van der Waals surface area contributed by atoms with E-state index in [1.807, 2.05) is 46.5 Å². The van der Waals surface area contributed by atoms with Gasteiger partial charge in [-0.25, -0.2) is 18.1 Å². The Morgan fingerprint density at radius 2 is 1.85 bits per heavy atom. The molecular weight excluding hydrogens is 565 g/mol. The third-order valence-electron chi connectivity index (χ3n) is 6.95. The van der Waals surface area contributed by atoms with E-state index in [1.165, 1.54) is 0 Å². The number of fused-ring (bicyclic) bond motifs is 1. The maximum Gasteiger partial charge on any atom is 0.530 e. The number of H-pyrrole nitrogens is 1. The minimum atomic E-state index is -4.57. The van der Waals surface area contributed by atoms with Gasteiger partial charge in [0.25, 0.3) is 11.4 Å². The number of aliphatic hydroxyl groups is 2. The lowest BCUT2D eigenvalue weighted by molar-refractivity contribution is -0.195. The van der Waals surface area contributed by atoms with Crippen LogP contribution in [0.15, 0.2) is 21.9 Å². The van der Waals surface area contributed by atoms with Crippen molar-refractivity contribution in [3.05, 3.63) is 61.2 Å². The number of benzene rings is 1. The van der Waals surface area contributed by atoms with Gasteiger partial charge in [-0.1, -0.05) is 47.5 Å². The molecule has 224 valence electrons. The van der Waals surface area contributed by atoms with Crippen LogP contribution >= 0.6 is 7.82 Å². The highest BCUT2D eigenvalue weighted by molar-refractivity contribution is 7.49. The molecule has 14 heteroatoms. The van der Waals surface area contributed by atoms with Gasteiger partial charge in [0.2, 0.25) is 0 Å². The van der Waals surface area contributed by atoms with Crippen molar-refractivity contribution in [2.45, 2.75) is 89.7 Å². The van der Waals surface area contributed by atoms with Crippen molar-refractivity contribution in [2.24, 2.45) is 0 Å². The number of halogens is 2. The van der Waals surface area contributed by atoms with Crippen molar-refractivity contribution in [1.82, 2.24) is 9.55 Å². The summed E-state index contributed by atoms with van der Waals surface area (Å²) >= 11 is 0. The number of rotatable bonds is 5. The molecule has 0 aliphatic carbocycles. The number of terminal acetylenes is 1. The Balaban J connectivity index is 1.56. The molecule has 0 spiro atoms. The van der Waals surface area contributed by atoms with Crippen molar-refractivity contribution in [2.75, 3.05) is 6.61 Å². The summed E-state index contributed by atoms with van der Waals surface area (Å²) in [5.74, 6) is -1.65. The number of nitrogens with zero attached hydrogens (tertiary/aromatic N) is 1. The number of aromatic amines is 1. The number of phosphoric acid groups is 1. The van der Waals surface area contributed by atoms with Gasteiger partial charge in [-0.15, -0.1) is 6.42 Å². The molecule has 2 aliphatic rings. The molecule has 1 unspecified atom stereocenters. The molecule has 11 nitrogen and oxygen atoms in total. The molecule has 1 aromatic heterocycles. The van der Waals surface area contributed by atoms with E-state index in [9.17, 15) is 24.4 Å². The monoisotopic (exact) mass is 598 g/mol. The molecule has 0 bridgehead atoms. The molecular formula is C27H33F2N2O9P. The van der Waals surface area contributed by atoms with E-state index in [0.29, 0.717) is 11.1 Å². The van der Waals surface area contributed by atoms with Crippen LogP contribution in [0.3, 0.4) is 0 Å². The SMILES string of the molecule is C#Cc1cn(C[C@@H]2O[C@](F)(COP3(=O)OCc4c(F)c(C(C)(C)C)cc(C(C)(C)C)c4O3)[C@@H](O)[C@H]2O)c(=O)[nH]c1=O. The first-order valence-corrected chi connectivity index (χ1v) is 14.2. The molecule has 1 aromatic carbocycles. The van der Waals surface area contributed by atoms with Crippen LogP contribution in [0.5, 0.6) is 5.75 Å². The van der Waals surface area contributed by atoms with Gasteiger partial charge in [-0.2, -0.15) is 0 Å². The highest BCUT2D eigenvalue weighted by Gasteiger charge is 2.57. The average Bonchev–Trinajstić information content (AvgIpc) is 3.07. The van der Waals surface area contributed by atoms with E-state index in [-0.39, 0.29) is 16.9 Å². The number of aromatic nitrogens is 2. The normalized spacial score (nSPS) is 28.2. The number of hydrogen-bond acceptors (Lipinski definition) is 9. The van der Waals surface area contributed by atoms with Crippen molar-refractivity contribution in [1.29, 1.82) is 0 Å². The zero-order valence-corrected chi connectivity index (χ0v) is 24.4. The third-order valence-corrected chi connectivity index (χ3v) is 8.25. The fourth-order valence-electron chi connectivity index (χ4n) is 4.60. The number of ether oxygens (including phenoxy) is 1. The largest absolute Gasteiger partial charge is 0.530 e. The maximum atomic E-state index is 15.7. The first-order valence-electron chi connectivity index (χ1n) is 12.8. The van der Waals surface area contributed by atoms with Gasteiger partial charge in [-0.05, 0) is 22.5 Å². The molecule has 0 saturated carbocycles. The molecule has 2 aromatic rings. The first-order chi connectivity index (χ1) is 18.8. The van der Waals surface area contributed by atoms with Crippen LogP contribution in [-0.2, 0) is 42.3 Å². The minimum absolute atomic E-state index is 0.0395. The standard InChI is InChI=1S/C27H33F2N2O9P/c1-8-14-10-31(24(35)30-23(14)34)11-18-20(32)22(33)27(29,39-18)13-38-41(36)37-12-15-19(28)16(25(2,3)4)9-17(21(15)40-41)26(5,6)7/h1,9-10,18,20,22,32-33H,11-13H2,2-7H3,(H,30,34,35)/t18-,20-,22-,27+,41?/m0/s1. The molecule has 3 heterocycles. The Hall–Kier alpha value is -2.85. The van der Waals surface area contributed by atoms with E-state index in [0.717, 1.165) is 10.8 Å². The number of nitrogens with one attached hydrogen (secondary N) is 1. The number of hydrogen-bond donors (Lipinski definition) is 3. The number of phosphoric ester groups is 1. The van der Waals surface area contributed by atoms with Crippen LogP contribution in [0.2, 0.25) is 0 Å². The van der Waals surface area contributed by atoms with Crippen molar-refractivity contribution >= 4 is 7.82 Å². The van der Waals surface area contributed by atoms with Gasteiger partial charge in [0.05, 0.1) is 18.7 Å². The molecule has 3 N–H and O–H groups in total. The molecule has 5 atom stereocenters. The summed E-state index contributed by atoms with van der Waals surface area (Å²) in [6, 6.07) is 1.63. The second-order valence-electron chi connectivity index (χ2n) is 12.2. The van der Waals surface area contributed by atoms with E-state index in [2.05, 4.69) is 5.92 Å². The quantitative estimate of drug-likeness (QED) is 0.349. The van der Waals surface area contributed by atoms with Gasteiger partial charge in [-0.3, -0.25) is 23.4 Å². The molecule has 4 rings (SSSR count). The van der Waals surface area contributed by atoms with Crippen LogP contribution < -0.4 is 15.8 Å². The molecule has 2 aliphatic heterocycles. The summed E-state index contributed by atoms with van der Waals surface area (Å²) in [5.41, 5.74) is -2.07. The number of aliphatic hydroxyl groups excluding tert-OH is 2. The fraction of sp³-hybridized carbons (Fsp3) is 0.556. The molecule has 1 saturated heterocycles. The van der Waals surface area contributed by atoms with Crippen molar-refractivity contribution in [3.63, 3.8) is 0 Å². The first kappa shape index (κ1) is 31.1.